The highest BCUT2D eigenvalue weighted by Crippen LogP contribution is 2.38. The maximum atomic E-state index is 11.3. The summed E-state index contributed by atoms with van der Waals surface area (Å²) in [6.45, 7) is 3.80. The van der Waals surface area contributed by atoms with E-state index in [1.165, 1.54) is 0 Å². The van der Waals surface area contributed by atoms with E-state index >= 15 is 0 Å². The third-order valence-electron chi connectivity index (χ3n) is 2.96. The van der Waals surface area contributed by atoms with Gasteiger partial charge in [0.2, 0.25) is 11.7 Å². The summed E-state index contributed by atoms with van der Waals surface area (Å²) in [6, 6.07) is 3.78. The van der Waals surface area contributed by atoms with Crippen molar-refractivity contribution in [2.24, 2.45) is 0 Å². The Morgan fingerprint density at radius 1 is 1.10 bits per heavy atom. The van der Waals surface area contributed by atoms with Crippen LogP contribution in [-0.2, 0) is 11.3 Å². The molecule has 0 heterocycles. The first kappa shape index (κ1) is 17.1. The van der Waals surface area contributed by atoms with Gasteiger partial charge in [0.25, 0.3) is 0 Å². The van der Waals surface area contributed by atoms with Gasteiger partial charge in [-0.05, 0) is 24.6 Å². The molecule has 0 aromatic heterocycles. The summed E-state index contributed by atoms with van der Waals surface area (Å²) in [4.78, 5) is 11.3. The van der Waals surface area contributed by atoms with Crippen LogP contribution in [0.25, 0.3) is 0 Å². The van der Waals surface area contributed by atoms with Crippen molar-refractivity contribution in [2.75, 3.05) is 34.4 Å². The van der Waals surface area contributed by atoms with Crippen molar-refractivity contribution in [1.29, 1.82) is 0 Å². The minimum absolute atomic E-state index is 0.0508. The molecule has 1 rings (SSSR count). The van der Waals surface area contributed by atoms with Crippen LogP contribution in [0.2, 0.25) is 0 Å². The van der Waals surface area contributed by atoms with Gasteiger partial charge < -0.3 is 24.8 Å². The fourth-order valence-electron chi connectivity index (χ4n) is 1.96. The minimum Gasteiger partial charge on any atom is -0.493 e. The average molecular weight is 296 g/mol. The van der Waals surface area contributed by atoms with E-state index < -0.39 is 0 Å². The lowest BCUT2D eigenvalue weighted by atomic mass is 10.1. The Bertz CT molecular complexity index is 438. The molecular weight excluding hydrogens is 272 g/mol. The molecule has 118 valence electrons. The molecule has 2 N–H and O–H groups in total. The van der Waals surface area contributed by atoms with Crippen LogP contribution >= 0.6 is 0 Å². The quantitative estimate of drug-likeness (QED) is 0.673. The van der Waals surface area contributed by atoms with Crippen LogP contribution in [0.15, 0.2) is 12.1 Å². The highest BCUT2D eigenvalue weighted by molar-refractivity contribution is 5.75. The van der Waals surface area contributed by atoms with Gasteiger partial charge in [0.1, 0.15) is 0 Å². The van der Waals surface area contributed by atoms with E-state index in [9.17, 15) is 4.79 Å². The van der Waals surface area contributed by atoms with Crippen LogP contribution in [0.1, 0.15) is 18.9 Å². The first-order chi connectivity index (χ1) is 10.2. The number of carbonyl (C=O) groups excluding carboxylic acids is 1. The van der Waals surface area contributed by atoms with Crippen LogP contribution in [0.4, 0.5) is 0 Å². The number of amides is 1. The van der Waals surface area contributed by atoms with Crippen molar-refractivity contribution >= 4 is 5.91 Å². The van der Waals surface area contributed by atoms with Gasteiger partial charge in [-0.2, -0.15) is 0 Å². The Balaban J connectivity index is 2.61. The van der Waals surface area contributed by atoms with Crippen molar-refractivity contribution in [3.8, 4) is 17.2 Å². The number of rotatable bonds is 9. The fourth-order valence-corrected chi connectivity index (χ4v) is 1.96. The Morgan fingerprint density at radius 2 is 1.71 bits per heavy atom. The number of methoxy groups -OCH3 is 3. The summed E-state index contributed by atoms with van der Waals surface area (Å²) in [7, 11) is 4.75. The van der Waals surface area contributed by atoms with E-state index in [1.807, 2.05) is 19.1 Å². The highest BCUT2D eigenvalue weighted by atomic mass is 16.5. The van der Waals surface area contributed by atoms with Gasteiger partial charge in [0.05, 0.1) is 21.3 Å². The molecule has 0 aliphatic heterocycles. The molecule has 0 aliphatic carbocycles. The standard InChI is InChI=1S/C15H24N2O4/c1-5-17-14(18)6-7-16-10-11-8-12(19-2)15(21-4)13(9-11)20-3/h8-9,16H,5-7,10H2,1-4H3,(H,17,18). The molecule has 0 radical (unpaired) electrons. The third kappa shape index (κ3) is 5.15. The van der Waals surface area contributed by atoms with E-state index in [2.05, 4.69) is 10.6 Å². The van der Waals surface area contributed by atoms with Crippen LogP contribution in [0, 0.1) is 0 Å². The summed E-state index contributed by atoms with van der Waals surface area (Å²) in [6.07, 6.45) is 0.457. The second-order valence-corrected chi connectivity index (χ2v) is 4.41. The van der Waals surface area contributed by atoms with Crippen LogP contribution in [0.5, 0.6) is 17.2 Å². The molecule has 0 saturated carbocycles. The fraction of sp³-hybridized carbons (Fsp3) is 0.533. The molecule has 0 bridgehead atoms. The molecule has 0 saturated heterocycles. The predicted octanol–water partition coefficient (Wildman–Crippen LogP) is 1.33. The summed E-state index contributed by atoms with van der Waals surface area (Å²) in [5.41, 5.74) is 1.00. The molecule has 0 atom stereocenters. The molecule has 1 amide bonds. The Kier molecular flexibility index (Phi) is 7.39. The SMILES string of the molecule is CCNC(=O)CCNCc1cc(OC)c(OC)c(OC)c1. The van der Waals surface area contributed by atoms with Crippen molar-refractivity contribution in [1.82, 2.24) is 10.6 Å². The smallest absolute Gasteiger partial charge is 0.221 e. The number of nitrogens with one attached hydrogen (secondary N) is 2. The molecule has 21 heavy (non-hydrogen) atoms. The van der Waals surface area contributed by atoms with Crippen molar-refractivity contribution < 1.29 is 19.0 Å². The largest absolute Gasteiger partial charge is 0.493 e. The molecule has 0 fully saturated rings. The molecular formula is C15H24N2O4. The Hall–Kier alpha value is -1.95. The second-order valence-electron chi connectivity index (χ2n) is 4.41. The Labute approximate surface area is 125 Å². The van der Waals surface area contributed by atoms with Gasteiger partial charge in [0.15, 0.2) is 11.5 Å². The first-order valence-electron chi connectivity index (χ1n) is 6.92. The molecule has 1 aromatic rings. The van der Waals surface area contributed by atoms with E-state index in [4.69, 9.17) is 14.2 Å². The van der Waals surface area contributed by atoms with Crippen LogP contribution in [0.3, 0.4) is 0 Å². The van der Waals surface area contributed by atoms with Gasteiger partial charge in [-0.25, -0.2) is 0 Å². The molecule has 0 aliphatic rings. The maximum Gasteiger partial charge on any atom is 0.221 e. The van der Waals surface area contributed by atoms with E-state index in [0.717, 1.165) is 5.56 Å². The predicted molar refractivity (Wildman–Crippen MR) is 81.1 cm³/mol. The summed E-state index contributed by atoms with van der Waals surface area (Å²) < 4.78 is 15.9. The zero-order valence-corrected chi connectivity index (χ0v) is 13.1. The monoisotopic (exact) mass is 296 g/mol. The second kappa shape index (κ2) is 9.07. The van der Waals surface area contributed by atoms with Gasteiger partial charge in [0, 0.05) is 26.1 Å². The lowest BCUT2D eigenvalue weighted by Gasteiger charge is -2.14. The topological polar surface area (TPSA) is 68.8 Å². The van der Waals surface area contributed by atoms with E-state index in [-0.39, 0.29) is 5.91 Å². The molecule has 0 spiro atoms. The van der Waals surface area contributed by atoms with Crippen LogP contribution < -0.4 is 24.8 Å². The number of hydrogen-bond donors (Lipinski definition) is 2. The molecule has 1 aromatic carbocycles. The lowest BCUT2D eigenvalue weighted by Crippen LogP contribution is -2.27. The van der Waals surface area contributed by atoms with Gasteiger partial charge in [-0.1, -0.05) is 0 Å². The highest BCUT2D eigenvalue weighted by Gasteiger charge is 2.12. The Morgan fingerprint density at radius 3 is 2.19 bits per heavy atom. The van der Waals surface area contributed by atoms with Crippen molar-refractivity contribution in [3.05, 3.63) is 17.7 Å². The van der Waals surface area contributed by atoms with Gasteiger partial charge in [-0.3, -0.25) is 4.79 Å². The van der Waals surface area contributed by atoms with E-state index in [1.54, 1.807) is 21.3 Å². The number of hydrogen-bond acceptors (Lipinski definition) is 5. The lowest BCUT2D eigenvalue weighted by molar-refractivity contribution is -0.120. The first-order valence-corrected chi connectivity index (χ1v) is 6.92. The molecule has 6 nitrogen and oxygen atoms in total. The molecule has 0 unspecified atom stereocenters. The number of ether oxygens (including phenoxy) is 3. The number of carbonyl (C=O) groups is 1. The van der Waals surface area contributed by atoms with E-state index in [0.29, 0.717) is 43.3 Å². The summed E-state index contributed by atoms with van der Waals surface area (Å²) in [5, 5.41) is 5.98. The van der Waals surface area contributed by atoms with Crippen LogP contribution in [-0.4, -0.2) is 40.3 Å². The molecule has 6 heteroatoms. The maximum absolute atomic E-state index is 11.3. The van der Waals surface area contributed by atoms with Crippen molar-refractivity contribution in [3.63, 3.8) is 0 Å². The summed E-state index contributed by atoms with van der Waals surface area (Å²) >= 11 is 0. The van der Waals surface area contributed by atoms with Gasteiger partial charge >= 0.3 is 0 Å². The van der Waals surface area contributed by atoms with Crippen molar-refractivity contribution in [2.45, 2.75) is 19.9 Å². The summed E-state index contributed by atoms with van der Waals surface area (Å²) in [5.74, 6) is 1.87. The average Bonchev–Trinajstić information content (AvgIpc) is 2.50. The minimum atomic E-state index is 0.0508. The zero-order chi connectivity index (χ0) is 15.7. The third-order valence-corrected chi connectivity index (χ3v) is 2.96. The van der Waals surface area contributed by atoms with Gasteiger partial charge in [-0.15, -0.1) is 0 Å². The normalized spacial score (nSPS) is 10.1. The number of benzene rings is 1. The zero-order valence-electron chi connectivity index (χ0n) is 13.1.